The van der Waals surface area contributed by atoms with Gasteiger partial charge in [-0.25, -0.2) is 4.99 Å². The van der Waals surface area contributed by atoms with Crippen LogP contribution in [0.25, 0.3) is 0 Å². The predicted molar refractivity (Wildman–Crippen MR) is 43.1 cm³/mol. The zero-order chi connectivity index (χ0) is 8.43. The average Bonchev–Trinajstić information content (AvgIpc) is 2.18. The first kappa shape index (κ1) is 7.39. The van der Waals surface area contributed by atoms with E-state index in [0.717, 1.165) is 0 Å². The maximum Gasteiger partial charge on any atom is 0.191 e. The quantitative estimate of drug-likeness (QED) is 0.352. The molecule has 1 aromatic heterocycles. The third kappa shape index (κ3) is 1.40. The molecular weight excluding hydrogens is 144 g/mol. The van der Waals surface area contributed by atoms with Gasteiger partial charge in [0.05, 0.1) is 6.20 Å². The van der Waals surface area contributed by atoms with Crippen LogP contribution >= 0.6 is 0 Å². The number of hydrogen-bond acceptors (Lipinski definition) is 3. The van der Waals surface area contributed by atoms with Crippen LogP contribution in [0.1, 0.15) is 0 Å². The summed E-state index contributed by atoms with van der Waals surface area (Å²) >= 11 is 0. The molecule has 0 aliphatic heterocycles. The van der Waals surface area contributed by atoms with E-state index >= 15 is 0 Å². The fourth-order valence-corrected chi connectivity index (χ4v) is 0.661. The van der Waals surface area contributed by atoms with E-state index < -0.39 is 0 Å². The number of hydrogen-bond donors (Lipinski definition) is 3. The van der Waals surface area contributed by atoms with Crippen LogP contribution in [0.3, 0.4) is 0 Å². The van der Waals surface area contributed by atoms with E-state index in [2.05, 4.69) is 10.1 Å². The molecule has 6 N–H and O–H groups in total. The van der Waals surface area contributed by atoms with Crippen molar-refractivity contribution in [2.75, 3.05) is 5.73 Å². The molecular formula is C5H10N6. The molecule has 0 fully saturated rings. The van der Waals surface area contributed by atoms with E-state index in [1.165, 1.54) is 10.9 Å². The fraction of sp³-hybridized carbons (Fsp3) is 0.200. The summed E-state index contributed by atoms with van der Waals surface area (Å²) in [6, 6.07) is 0. The van der Waals surface area contributed by atoms with E-state index in [1.807, 2.05) is 0 Å². The van der Waals surface area contributed by atoms with Gasteiger partial charge >= 0.3 is 0 Å². The summed E-state index contributed by atoms with van der Waals surface area (Å²) < 4.78 is 1.49. The van der Waals surface area contributed by atoms with Crippen LogP contribution < -0.4 is 17.2 Å². The van der Waals surface area contributed by atoms with Crippen LogP contribution in [0.5, 0.6) is 0 Å². The fourth-order valence-electron chi connectivity index (χ4n) is 0.661. The van der Waals surface area contributed by atoms with Crippen molar-refractivity contribution in [2.45, 2.75) is 0 Å². The zero-order valence-corrected chi connectivity index (χ0v) is 6.15. The molecule has 0 unspecified atom stereocenters. The zero-order valence-electron chi connectivity index (χ0n) is 6.15. The first-order valence-electron chi connectivity index (χ1n) is 2.98. The van der Waals surface area contributed by atoms with Crippen molar-refractivity contribution in [2.24, 2.45) is 23.5 Å². The Balaban J connectivity index is 3.06. The normalized spacial score (nSPS) is 9.55. The van der Waals surface area contributed by atoms with Gasteiger partial charge < -0.3 is 17.2 Å². The first-order chi connectivity index (χ1) is 5.11. The Kier molecular flexibility index (Phi) is 1.67. The van der Waals surface area contributed by atoms with Gasteiger partial charge in [-0.15, -0.1) is 0 Å². The Hall–Kier alpha value is -1.72. The molecule has 6 nitrogen and oxygen atoms in total. The van der Waals surface area contributed by atoms with Gasteiger partial charge in [0.1, 0.15) is 11.5 Å². The highest BCUT2D eigenvalue weighted by Gasteiger charge is 2.01. The average molecular weight is 154 g/mol. The van der Waals surface area contributed by atoms with Gasteiger partial charge in [-0.05, 0) is 0 Å². The van der Waals surface area contributed by atoms with Crippen molar-refractivity contribution in [3.8, 4) is 0 Å². The highest BCUT2D eigenvalue weighted by Crippen LogP contribution is 2.18. The summed E-state index contributed by atoms with van der Waals surface area (Å²) in [6.45, 7) is 0. The lowest BCUT2D eigenvalue weighted by Crippen LogP contribution is -2.21. The van der Waals surface area contributed by atoms with Crippen molar-refractivity contribution in [3.63, 3.8) is 0 Å². The van der Waals surface area contributed by atoms with Crippen molar-refractivity contribution in [1.82, 2.24) is 9.78 Å². The molecule has 0 saturated heterocycles. The molecule has 60 valence electrons. The number of nitrogens with zero attached hydrogens (tertiary/aromatic N) is 3. The van der Waals surface area contributed by atoms with E-state index in [9.17, 15) is 0 Å². The molecule has 0 aromatic carbocycles. The third-order valence-corrected chi connectivity index (χ3v) is 1.21. The Morgan fingerprint density at radius 2 is 2.27 bits per heavy atom. The number of aryl methyl sites for hydroxylation is 1. The summed E-state index contributed by atoms with van der Waals surface area (Å²) in [5, 5.41) is 3.84. The maximum atomic E-state index is 5.53. The monoisotopic (exact) mass is 154 g/mol. The molecule has 0 atom stereocenters. The molecule has 0 aliphatic rings. The molecule has 1 aromatic rings. The Bertz CT molecular complexity index is 281. The summed E-state index contributed by atoms with van der Waals surface area (Å²) in [5.74, 6) is 0.420. The van der Waals surface area contributed by atoms with Crippen LogP contribution in [0.15, 0.2) is 11.2 Å². The maximum absolute atomic E-state index is 5.53. The van der Waals surface area contributed by atoms with Crippen molar-refractivity contribution in [3.05, 3.63) is 6.20 Å². The van der Waals surface area contributed by atoms with Gasteiger partial charge in [0, 0.05) is 7.05 Å². The lowest BCUT2D eigenvalue weighted by atomic mass is 10.5. The van der Waals surface area contributed by atoms with Gasteiger partial charge in [0.15, 0.2) is 5.96 Å². The van der Waals surface area contributed by atoms with Gasteiger partial charge in [-0.3, -0.25) is 4.68 Å². The van der Waals surface area contributed by atoms with E-state index in [0.29, 0.717) is 11.5 Å². The molecule has 0 bridgehead atoms. The molecule has 1 heterocycles. The predicted octanol–water partition coefficient (Wildman–Crippen LogP) is -1.09. The highest BCUT2D eigenvalue weighted by molar-refractivity contribution is 5.80. The molecule has 1 rings (SSSR count). The minimum Gasteiger partial charge on any atom is -0.382 e. The Morgan fingerprint density at radius 3 is 2.64 bits per heavy atom. The van der Waals surface area contributed by atoms with Crippen LogP contribution in [0.2, 0.25) is 0 Å². The number of aromatic nitrogens is 2. The topological polar surface area (TPSA) is 108 Å². The standard InChI is InChI=1S/C5H10N6/c1-11-4(6)3(2-9-11)10-5(7)8/h2H,6H2,1H3,(H4,7,8,10). The molecule has 6 heteroatoms. The summed E-state index contributed by atoms with van der Waals surface area (Å²) in [7, 11) is 1.71. The number of rotatable bonds is 1. The summed E-state index contributed by atoms with van der Waals surface area (Å²) in [5.41, 5.74) is 16.3. The number of guanidine groups is 1. The Morgan fingerprint density at radius 1 is 1.64 bits per heavy atom. The smallest absolute Gasteiger partial charge is 0.191 e. The van der Waals surface area contributed by atoms with Gasteiger partial charge in [-0.2, -0.15) is 5.10 Å². The van der Waals surface area contributed by atoms with Crippen molar-refractivity contribution >= 4 is 17.5 Å². The number of anilines is 1. The molecule has 0 amide bonds. The SMILES string of the molecule is Cn1ncc(N=C(N)N)c1N. The number of nitrogens with two attached hydrogens (primary N) is 3. The van der Waals surface area contributed by atoms with Crippen LogP contribution in [0.4, 0.5) is 11.5 Å². The van der Waals surface area contributed by atoms with Crippen LogP contribution in [0, 0.1) is 0 Å². The van der Waals surface area contributed by atoms with E-state index in [4.69, 9.17) is 17.2 Å². The number of aliphatic imine (C=N–C) groups is 1. The minimum absolute atomic E-state index is 0.0234. The summed E-state index contributed by atoms with van der Waals surface area (Å²) in [4.78, 5) is 3.74. The first-order valence-corrected chi connectivity index (χ1v) is 2.98. The molecule has 0 spiro atoms. The van der Waals surface area contributed by atoms with Crippen LogP contribution in [-0.2, 0) is 7.05 Å². The van der Waals surface area contributed by atoms with Gasteiger partial charge in [-0.1, -0.05) is 0 Å². The lowest BCUT2D eigenvalue weighted by molar-refractivity contribution is 0.779. The van der Waals surface area contributed by atoms with Crippen molar-refractivity contribution in [1.29, 1.82) is 0 Å². The van der Waals surface area contributed by atoms with Crippen molar-refractivity contribution < 1.29 is 0 Å². The largest absolute Gasteiger partial charge is 0.382 e. The second kappa shape index (κ2) is 2.49. The van der Waals surface area contributed by atoms with Crippen LogP contribution in [-0.4, -0.2) is 15.7 Å². The number of nitrogen functional groups attached to an aromatic ring is 1. The molecule has 0 radical (unpaired) electrons. The Labute approximate surface area is 63.7 Å². The second-order valence-electron chi connectivity index (χ2n) is 2.08. The molecule has 0 aliphatic carbocycles. The molecule has 0 saturated carbocycles. The van der Waals surface area contributed by atoms with Gasteiger partial charge in [0.2, 0.25) is 0 Å². The summed E-state index contributed by atoms with van der Waals surface area (Å²) in [6.07, 6.45) is 1.50. The highest BCUT2D eigenvalue weighted by atomic mass is 15.3. The third-order valence-electron chi connectivity index (χ3n) is 1.21. The van der Waals surface area contributed by atoms with E-state index in [-0.39, 0.29) is 5.96 Å². The van der Waals surface area contributed by atoms with E-state index in [1.54, 1.807) is 7.05 Å². The minimum atomic E-state index is -0.0234. The second-order valence-corrected chi connectivity index (χ2v) is 2.08. The lowest BCUT2D eigenvalue weighted by Gasteiger charge is -1.93. The van der Waals surface area contributed by atoms with Gasteiger partial charge in [0.25, 0.3) is 0 Å². The molecule has 11 heavy (non-hydrogen) atoms.